The minimum absolute atomic E-state index is 0.137. The second kappa shape index (κ2) is 4.81. The Hall–Kier alpha value is -0.810. The van der Waals surface area contributed by atoms with Crippen molar-refractivity contribution >= 4 is 6.16 Å². The van der Waals surface area contributed by atoms with Crippen molar-refractivity contribution in [3.05, 3.63) is 0 Å². The first-order valence-electron chi connectivity index (χ1n) is 5.30. The highest BCUT2D eigenvalue weighted by Crippen LogP contribution is 2.18. The molecular formula is C10H20N2O3. The van der Waals surface area contributed by atoms with Crippen LogP contribution in [0.4, 0.5) is 4.79 Å². The van der Waals surface area contributed by atoms with Gasteiger partial charge in [0.15, 0.2) is 0 Å². The molecule has 1 atom stereocenters. The van der Waals surface area contributed by atoms with Crippen molar-refractivity contribution in [2.45, 2.75) is 45.3 Å². The van der Waals surface area contributed by atoms with E-state index in [1.165, 1.54) is 0 Å². The summed E-state index contributed by atoms with van der Waals surface area (Å²) in [5.74, 6) is 0. The number of hydrogen-bond acceptors (Lipinski definition) is 5. The fraction of sp³-hybridized carbons (Fsp3) is 0.900. The third-order valence-corrected chi connectivity index (χ3v) is 2.18. The average Bonchev–Trinajstić information content (AvgIpc) is 2.48. The smallest absolute Gasteiger partial charge is 0.427 e. The summed E-state index contributed by atoms with van der Waals surface area (Å²) in [6.45, 7) is 6.65. The molecule has 0 amide bonds. The van der Waals surface area contributed by atoms with Crippen molar-refractivity contribution < 1.29 is 14.4 Å². The van der Waals surface area contributed by atoms with Gasteiger partial charge in [-0.1, -0.05) is 0 Å². The summed E-state index contributed by atoms with van der Waals surface area (Å²) in [6.07, 6.45) is 1.33. The minimum Gasteiger partial charge on any atom is -0.427 e. The summed E-state index contributed by atoms with van der Waals surface area (Å²) in [6, 6.07) is 0.137. The first-order valence-corrected chi connectivity index (χ1v) is 5.30. The van der Waals surface area contributed by atoms with E-state index in [4.69, 9.17) is 15.3 Å². The number of hydrogen-bond donors (Lipinski definition) is 1. The van der Waals surface area contributed by atoms with Gasteiger partial charge in [0.25, 0.3) is 0 Å². The Labute approximate surface area is 90.5 Å². The number of hydroxylamine groups is 2. The van der Waals surface area contributed by atoms with Gasteiger partial charge < -0.3 is 15.3 Å². The Bertz CT molecular complexity index is 225. The van der Waals surface area contributed by atoms with Crippen LogP contribution in [0.1, 0.15) is 33.6 Å². The van der Waals surface area contributed by atoms with Gasteiger partial charge in [0, 0.05) is 13.1 Å². The molecule has 0 aliphatic carbocycles. The molecule has 1 saturated heterocycles. The molecule has 1 aliphatic rings. The second-order valence-corrected chi connectivity index (χ2v) is 4.73. The Morgan fingerprint density at radius 2 is 2.20 bits per heavy atom. The molecule has 1 aliphatic heterocycles. The first kappa shape index (κ1) is 12.3. The van der Waals surface area contributed by atoms with Crippen LogP contribution in [0.5, 0.6) is 0 Å². The SMILES string of the molecule is CC(C)(C)OC(=O)ON1CCC[C@@H]1CN. The van der Waals surface area contributed by atoms with Crippen LogP contribution in [-0.4, -0.2) is 36.0 Å². The zero-order chi connectivity index (χ0) is 11.5. The maximum absolute atomic E-state index is 11.3. The monoisotopic (exact) mass is 216 g/mol. The first-order chi connectivity index (χ1) is 6.92. The fourth-order valence-electron chi connectivity index (χ4n) is 1.53. The maximum atomic E-state index is 11.3. The van der Waals surface area contributed by atoms with Crippen LogP contribution >= 0.6 is 0 Å². The molecule has 1 heterocycles. The van der Waals surface area contributed by atoms with Crippen LogP contribution in [0.3, 0.4) is 0 Å². The summed E-state index contributed by atoms with van der Waals surface area (Å²) in [5, 5.41) is 1.62. The van der Waals surface area contributed by atoms with E-state index in [9.17, 15) is 4.79 Å². The summed E-state index contributed by atoms with van der Waals surface area (Å²) in [5.41, 5.74) is 5.03. The molecule has 0 spiro atoms. The van der Waals surface area contributed by atoms with Crippen LogP contribution in [-0.2, 0) is 9.57 Å². The molecule has 88 valence electrons. The number of nitrogens with zero attached hydrogens (tertiary/aromatic N) is 1. The molecule has 0 aromatic rings. The lowest BCUT2D eigenvalue weighted by atomic mass is 10.2. The highest BCUT2D eigenvalue weighted by Gasteiger charge is 2.28. The van der Waals surface area contributed by atoms with Gasteiger partial charge in [-0.2, -0.15) is 0 Å². The zero-order valence-corrected chi connectivity index (χ0v) is 9.66. The normalized spacial score (nSPS) is 22.8. The molecule has 1 rings (SSSR count). The molecule has 5 heteroatoms. The maximum Gasteiger partial charge on any atom is 0.528 e. The standard InChI is InChI=1S/C10H20N2O3/c1-10(2,3)14-9(13)15-12-6-4-5-8(12)7-11/h8H,4-7,11H2,1-3H3/t8-/m1/s1. The second-order valence-electron chi connectivity index (χ2n) is 4.73. The molecule has 1 fully saturated rings. The summed E-state index contributed by atoms with van der Waals surface area (Å²) in [7, 11) is 0. The molecule has 0 radical (unpaired) electrons. The Balaban J connectivity index is 2.37. The molecule has 5 nitrogen and oxygen atoms in total. The molecular weight excluding hydrogens is 196 g/mol. The predicted octanol–water partition coefficient (Wildman–Crippen LogP) is 1.28. The van der Waals surface area contributed by atoms with Crippen molar-refractivity contribution in [3.8, 4) is 0 Å². The third kappa shape index (κ3) is 4.05. The quantitative estimate of drug-likeness (QED) is 0.704. The van der Waals surface area contributed by atoms with E-state index in [-0.39, 0.29) is 6.04 Å². The van der Waals surface area contributed by atoms with Gasteiger partial charge in [-0.05, 0) is 33.6 Å². The van der Waals surface area contributed by atoms with E-state index >= 15 is 0 Å². The Morgan fingerprint density at radius 1 is 1.53 bits per heavy atom. The van der Waals surface area contributed by atoms with Crippen molar-refractivity contribution in [2.24, 2.45) is 5.73 Å². The van der Waals surface area contributed by atoms with E-state index in [0.717, 1.165) is 19.4 Å². The van der Waals surface area contributed by atoms with Crippen LogP contribution in [0.2, 0.25) is 0 Å². The van der Waals surface area contributed by atoms with Crippen LogP contribution in [0.25, 0.3) is 0 Å². The molecule has 15 heavy (non-hydrogen) atoms. The molecule has 0 saturated carbocycles. The highest BCUT2D eigenvalue weighted by molar-refractivity contribution is 5.60. The van der Waals surface area contributed by atoms with Crippen LogP contribution in [0.15, 0.2) is 0 Å². The number of rotatable bonds is 2. The molecule has 0 aromatic heterocycles. The molecule has 0 unspecified atom stereocenters. The minimum atomic E-state index is -0.650. The lowest BCUT2D eigenvalue weighted by Gasteiger charge is -2.24. The summed E-state index contributed by atoms with van der Waals surface area (Å²) in [4.78, 5) is 16.4. The van der Waals surface area contributed by atoms with Crippen LogP contribution < -0.4 is 5.73 Å². The zero-order valence-electron chi connectivity index (χ0n) is 9.66. The van der Waals surface area contributed by atoms with Crippen LogP contribution in [0, 0.1) is 0 Å². The Kier molecular flexibility index (Phi) is 3.93. The average molecular weight is 216 g/mol. The molecule has 0 bridgehead atoms. The fourth-order valence-corrected chi connectivity index (χ4v) is 1.53. The van der Waals surface area contributed by atoms with E-state index in [2.05, 4.69) is 0 Å². The third-order valence-electron chi connectivity index (χ3n) is 2.18. The van der Waals surface area contributed by atoms with Gasteiger partial charge in [-0.3, -0.25) is 0 Å². The van der Waals surface area contributed by atoms with E-state index in [0.29, 0.717) is 6.54 Å². The van der Waals surface area contributed by atoms with Gasteiger partial charge in [0.2, 0.25) is 0 Å². The summed E-state index contributed by atoms with van der Waals surface area (Å²) >= 11 is 0. The van der Waals surface area contributed by atoms with Crippen molar-refractivity contribution in [2.75, 3.05) is 13.1 Å². The number of carbonyl (C=O) groups is 1. The van der Waals surface area contributed by atoms with Crippen molar-refractivity contribution in [1.29, 1.82) is 0 Å². The lowest BCUT2D eigenvalue weighted by molar-refractivity contribution is -0.148. The Morgan fingerprint density at radius 3 is 2.73 bits per heavy atom. The van der Waals surface area contributed by atoms with Gasteiger partial charge in [-0.15, -0.1) is 5.06 Å². The number of carbonyl (C=O) groups excluding carboxylic acids is 1. The largest absolute Gasteiger partial charge is 0.528 e. The van der Waals surface area contributed by atoms with Gasteiger partial charge in [0.1, 0.15) is 5.60 Å². The van der Waals surface area contributed by atoms with Crippen molar-refractivity contribution in [3.63, 3.8) is 0 Å². The van der Waals surface area contributed by atoms with Gasteiger partial charge >= 0.3 is 6.16 Å². The van der Waals surface area contributed by atoms with E-state index in [1.807, 2.05) is 0 Å². The molecule has 2 N–H and O–H groups in total. The lowest BCUT2D eigenvalue weighted by Crippen LogP contribution is -2.38. The molecule has 0 aromatic carbocycles. The van der Waals surface area contributed by atoms with E-state index < -0.39 is 11.8 Å². The predicted molar refractivity (Wildman–Crippen MR) is 56.1 cm³/mol. The topological polar surface area (TPSA) is 64.8 Å². The van der Waals surface area contributed by atoms with E-state index in [1.54, 1.807) is 25.8 Å². The summed E-state index contributed by atoms with van der Waals surface area (Å²) < 4.78 is 5.05. The number of nitrogens with two attached hydrogens (primary N) is 1. The van der Waals surface area contributed by atoms with Crippen molar-refractivity contribution in [1.82, 2.24) is 5.06 Å². The van der Waals surface area contributed by atoms with Gasteiger partial charge in [0.05, 0.1) is 6.04 Å². The highest BCUT2D eigenvalue weighted by atomic mass is 16.8. The number of ether oxygens (including phenoxy) is 1. The van der Waals surface area contributed by atoms with Gasteiger partial charge in [-0.25, -0.2) is 4.79 Å².